The first-order valence-electron chi connectivity index (χ1n) is 5.55. The van der Waals surface area contributed by atoms with Crippen molar-refractivity contribution in [3.05, 3.63) is 21.1 Å². The van der Waals surface area contributed by atoms with Crippen molar-refractivity contribution in [2.75, 3.05) is 19.3 Å². The number of hydrogen-bond donors (Lipinski definition) is 2. The Kier molecular flexibility index (Phi) is 5.81. The normalized spacial score (nSPS) is 13.8. The van der Waals surface area contributed by atoms with Gasteiger partial charge in [-0.25, -0.2) is 12.7 Å². The predicted molar refractivity (Wildman–Crippen MR) is 82.4 cm³/mol. The summed E-state index contributed by atoms with van der Waals surface area (Å²) in [6, 6.07) is 3.08. The largest absolute Gasteiger partial charge is 0.399 e. The number of benzene rings is 1. The molecule has 0 aliphatic heterocycles. The summed E-state index contributed by atoms with van der Waals surface area (Å²) in [6.45, 7) is 1.86. The Balaban J connectivity index is 3.14. The molecule has 0 bridgehead atoms. The lowest BCUT2D eigenvalue weighted by molar-refractivity contribution is 0.177. The van der Waals surface area contributed by atoms with E-state index >= 15 is 0 Å². The molecule has 1 unspecified atom stereocenters. The van der Waals surface area contributed by atoms with Gasteiger partial charge in [-0.2, -0.15) is 0 Å². The van der Waals surface area contributed by atoms with Crippen LogP contribution < -0.4 is 5.73 Å². The maximum absolute atomic E-state index is 12.4. The van der Waals surface area contributed by atoms with E-state index in [1.807, 2.05) is 0 Å². The number of anilines is 1. The van der Waals surface area contributed by atoms with Crippen molar-refractivity contribution in [1.29, 1.82) is 0 Å². The molecule has 0 saturated heterocycles. The van der Waals surface area contributed by atoms with E-state index in [4.69, 9.17) is 5.73 Å². The summed E-state index contributed by atoms with van der Waals surface area (Å²) in [6.07, 6.45) is -0.170. The van der Waals surface area contributed by atoms with E-state index in [9.17, 15) is 13.5 Å². The fourth-order valence-electron chi connectivity index (χ4n) is 1.47. The molecule has 1 rings (SSSR count). The zero-order valence-electron chi connectivity index (χ0n) is 10.6. The average Bonchev–Trinajstić information content (AvgIpc) is 2.23. The van der Waals surface area contributed by atoms with Gasteiger partial charge < -0.3 is 10.8 Å². The summed E-state index contributed by atoms with van der Waals surface area (Å²) >= 11 is 6.43. The molecule has 3 N–H and O–H groups in total. The second kappa shape index (κ2) is 6.53. The molecule has 0 spiro atoms. The summed E-state index contributed by atoms with van der Waals surface area (Å²) in [4.78, 5) is 0.134. The number of nitrogen functional groups attached to an aromatic ring is 1. The molecule has 1 aromatic rings. The van der Waals surface area contributed by atoms with Gasteiger partial charge in [0.15, 0.2) is 0 Å². The van der Waals surface area contributed by atoms with Gasteiger partial charge in [0.2, 0.25) is 10.0 Å². The number of nitrogens with zero attached hydrogens (tertiary/aromatic N) is 1. The van der Waals surface area contributed by atoms with Gasteiger partial charge in [-0.3, -0.25) is 0 Å². The number of sulfonamides is 1. The van der Waals surface area contributed by atoms with Crippen molar-refractivity contribution in [3.8, 4) is 0 Å². The molecular formula is C11H16Br2N2O3S. The van der Waals surface area contributed by atoms with Crippen LogP contribution in [-0.2, 0) is 10.0 Å². The number of rotatable bonds is 5. The maximum Gasteiger partial charge on any atom is 0.245 e. The molecule has 1 aromatic carbocycles. The fraction of sp³-hybridized carbons (Fsp3) is 0.455. The van der Waals surface area contributed by atoms with Crippen molar-refractivity contribution >= 4 is 47.6 Å². The minimum atomic E-state index is -3.64. The zero-order chi connectivity index (χ0) is 14.8. The van der Waals surface area contributed by atoms with E-state index in [0.29, 0.717) is 21.1 Å². The molecule has 0 aliphatic carbocycles. The fourth-order valence-corrected chi connectivity index (χ4v) is 5.19. The molecule has 0 aromatic heterocycles. The lowest BCUT2D eigenvalue weighted by Gasteiger charge is -2.20. The molecule has 0 heterocycles. The van der Waals surface area contributed by atoms with Gasteiger partial charge in [0.25, 0.3) is 0 Å². The Morgan fingerprint density at radius 2 is 1.84 bits per heavy atom. The standard InChI is InChI=1S/C11H16Br2N2O3S/c1-7(16)3-4-15(2)19(17,18)11-9(12)5-8(14)6-10(11)13/h5-7,16H,3-4,14H2,1-2H3. The van der Waals surface area contributed by atoms with Gasteiger partial charge in [-0.05, 0) is 57.3 Å². The van der Waals surface area contributed by atoms with E-state index in [1.165, 1.54) is 11.4 Å². The summed E-state index contributed by atoms with van der Waals surface area (Å²) in [5, 5.41) is 9.23. The van der Waals surface area contributed by atoms with Gasteiger partial charge in [0, 0.05) is 28.2 Å². The number of hydrogen-bond acceptors (Lipinski definition) is 4. The average molecular weight is 416 g/mol. The van der Waals surface area contributed by atoms with Crippen LogP contribution in [0.2, 0.25) is 0 Å². The third-order valence-corrected chi connectivity index (χ3v) is 6.29. The Hall–Kier alpha value is -0.150. The molecule has 8 heteroatoms. The summed E-state index contributed by atoms with van der Waals surface area (Å²) in [7, 11) is -2.16. The van der Waals surface area contributed by atoms with E-state index in [1.54, 1.807) is 19.1 Å². The first-order chi connectivity index (χ1) is 8.66. The highest BCUT2D eigenvalue weighted by molar-refractivity contribution is 9.11. The van der Waals surface area contributed by atoms with Crippen LogP contribution in [0, 0.1) is 0 Å². The van der Waals surface area contributed by atoms with E-state index in [2.05, 4.69) is 31.9 Å². The molecule has 0 saturated carbocycles. The number of aliphatic hydroxyl groups is 1. The molecule has 19 heavy (non-hydrogen) atoms. The van der Waals surface area contributed by atoms with Crippen molar-refractivity contribution < 1.29 is 13.5 Å². The van der Waals surface area contributed by atoms with Crippen molar-refractivity contribution in [2.24, 2.45) is 0 Å². The number of aliphatic hydroxyl groups excluding tert-OH is 1. The Bertz CT molecular complexity index is 538. The highest BCUT2D eigenvalue weighted by Gasteiger charge is 2.26. The van der Waals surface area contributed by atoms with Crippen molar-refractivity contribution in [2.45, 2.75) is 24.3 Å². The molecule has 1 atom stereocenters. The molecule has 0 aliphatic rings. The minimum absolute atomic E-state index is 0.134. The smallest absolute Gasteiger partial charge is 0.245 e. The summed E-state index contributed by atoms with van der Waals surface area (Å²) in [5.74, 6) is 0. The quantitative estimate of drug-likeness (QED) is 0.722. The van der Waals surface area contributed by atoms with Crippen LogP contribution in [0.1, 0.15) is 13.3 Å². The lowest BCUT2D eigenvalue weighted by Crippen LogP contribution is -2.30. The summed E-state index contributed by atoms with van der Waals surface area (Å²) in [5.41, 5.74) is 6.11. The van der Waals surface area contributed by atoms with Crippen LogP contribution in [0.3, 0.4) is 0 Å². The SMILES string of the molecule is CC(O)CCN(C)S(=O)(=O)c1c(Br)cc(N)cc1Br. The van der Waals surface area contributed by atoms with Gasteiger partial charge in [-0.15, -0.1) is 0 Å². The van der Waals surface area contributed by atoms with Crippen LogP contribution in [0.25, 0.3) is 0 Å². The second-order valence-electron chi connectivity index (χ2n) is 4.28. The van der Waals surface area contributed by atoms with Gasteiger partial charge in [0.1, 0.15) is 4.90 Å². The predicted octanol–water partition coefficient (Wildman–Crippen LogP) is 2.19. The highest BCUT2D eigenvalue weighted by Crippen LogP contribution is 2.34. The summed E-state index contributed by atoms with van der Waals surface area (Å²) < 4.78 is 26.9. The number of halogens is 2. The molecular weight excluding hydrogens is 400 g/mol. The molecule has 0 amide bonds. The molecule has 5 nitrogen and oxygen atoms in total. The van der Waals surface area contributed by atoms with E-state index < -0.39 is 16.1 Å². The number of nitrogens with two attached hydrogens (primary N) is 1. The van der Waals surface area contributed by atoms with Crippen LogP contribution in [0.15, 0.2) is 26.0 Å². The van der Waals surface area contributed by atoms with Gasteiger partial charge in [0.05, 0.1) is 6.10 Å². The molecule has 0 fully saturated rings. The van der Waals surface area contributed by atoms with Crippen molar-refractivity contribution in [3.63, 3.8) is 0 Å². The van der Waals surface area contributed by atoms with E-state index in [0.717, 1.165) is 0 Å². The van der Waals surface area contributed by atoms with E-state index in [-0.39, 0.29) is 11.4 Å². The first-order valence-corrected chi connectivity index (χ1v) is 8.57. The topological polar surface area (TPSA) is 83.6 Å². The molecule has 0 radical (unpaired) electrons. The Morgan fingerprint density at radius 3 is 2.26 bits per heavy atom. The first kappa shape index (κ1) is 16.9. The minimum Gasteiger partial charge on any atom is -0.399 e. The maximum atomic E-state index is 12.4. The van der Waals surface area contributed by atoms with Gasteiger partial charge >= 0.3 is 0 Å². The Morgan fingerprint density at radius 1 is 1.37 bits per heavy atom. The third kappa shape index (κ3) is 4.16. The van der Waals surface area contributed by atoms with Gasteiger partial charge in [-0.1, -0.05) is 0 Å². The monoisotopic (exact) mass is 414 g/mol. The second-order valence-corrected chi connectivity index (χ2v) is 7.97. The molecule has 108 valence electrons. The van der Waals surface area contributed by atoms with Crippen LogP contribution in [0.5, 0.6) is 0 Å². The Labute approximate surface area is 130 Å². The van der Waals surface area contributed by atoms with Crippen molar-refractivity contribution in [1.82, 2.24) is 4.31 Å². The van der Waals surface area contributed by atoms with Crippen LogP contribution in [-0.4, -0.2) is 37.5 Å². The third-order valence-electron chi connectivity index (χ3n) is 2.55. The van der Waals surface area contributed by atoms with Crippen LogP contribution >= 0.6 is 31.9 Å². The zero-order valence-corrected chi connectivity index (χ0v) is 14.6. The lowest BCUT2D eigenvalue weighted by atomic mass is 10.3. The highest BCUT2D eigenvalue weighted by atomic mass is 79.9. The van der Waals surface area contributed by atoms with Crippen LogP contribution in [0.4, 0.5) is 5.69 Å².